The quantitative estimate of drug-likeness (QED) is 0.856. The molecule has 17 heavy (non-hydrogen) atoms. The molecule has 1 aliphatic heterocycles. The lowest BCUT2D eigenvalue weighted by Crippen LogP contribution is -2.25. The summed E-state index contributed by atoms with van der Waals surface area (Å²) in [6.45, 7) is 0.707. The lowest BCUT2D eigenvalue weighted by atomic mass is 10.1. The van der Waals surface area contributed by atoms with Gasteiger partial charge in [0.05, 0.1) is 19.8 Å². The van der Waals surface area contributed by atoms with E-state index in [1.165, 1.54) is 0 Å². The number of halogens is 1. The average molecular weight is 299 g/mol. The fraction of sp³-hybridized carbons (Fsp3) is 0.385. The maximum atomic E-state index is 5.81. The molecule has 2 rings (SSSR count). The van der Waals surface area contributed by atoms with Crippen molar-refractivity contribution in [3.05, 3.63) is 40.9 Å². The molecule has 1 saturated heterocycles. The summed E-state index contributed by atoms with van der Waals surface area (Å²) in [7, 11) is 1.65. The number of ether oxygens (including phenoxy) is 3. The van der Waals surface area contributed by atoms with Crippen molar-refractivity contribution in [1.82, 2.24) is 0 Å². The molecule has 92 valence electrons. The Labute approximate surface area is 109 Å². The van der Waals surface area contributed by atoms with Crippen molar-refractivity contribution in [2.45, 2.75) is 18.8 Å². The fourth-order valence-electron chi connectivity index (χ4n) is 1.72. The highest BCUT2D eigenvalue weighted by Gasteiger charge is 2.22. The molecule has 1 aliphatic rings. The normalized spacial score (nSPS) is 25.1. The van der Waals surface area contributed by atoms with Crippen LogP contribution in [0, 0.1) is 0 Å². The van der Waals surface area contributed by atoms with Crippen LogP contribution in [0.1, 0.15) is 18.3 Å². The molecule has 0 aromatic heterocycles. The standard InChI is InChI=1S/C13H15BrO3/c1-15-11-4-2-10(3-5-11)13-16-9-7-12(17-13)6-8-14/h2-6,8,12-13H,7,9H2,1H3/b8-6+/t12-,13+/m1/s1. The average Bonchev–Trinajstić information content (AvgIpc) is 2.40. The van der Waals surface area contributed by atoms with Gasteiger partial charge in [0.1, 0.15) is 5.75 Å². The molecular formula is C13H15BrO3. The molecule has 1 heterocycles. The van der Waals surface area contributed by atoms with Crippen LogP contribution in [0.3, 0.4) is 0 Å². The van der Waals surface area contributed by atoms with Gasteiger partial charge < -0.3 is 14.2 Å². The second kappa shape index (κ2) is 6.19. The molecule has 0 aliphatic carbocycles. The fourth-order valence-corrected chi connectivity index (χ4v) is 2.06. The predicted molar refractivity (Wildman–Crippen MR) is 69.2 cm³/mol. The largest absolute Gasteiger partial charge is 0.497 e. The molecule has 0 N–H and O–H groups in total. The number of benzene rings is 1. The first kappa shape index (κ1) is 12.6. The van der Waals surface area contributed by atoms with E-state index in [2.05, 4.69) is 15.9 Å². The van der Waals surface area contributed by atoms with Crippen LogP contribution in [-0.2, 0) is 9.47 Å². The predicted octanol–water partition coefficient (Wildman–Crippen LogP) is 3.41. The number of hydrogen-bond donors (Lipinski definition) is 0. The van der Waals surface area contributed by atoms with E-state index in [0.717, 1.165) is 17.7 Å². The SMILES string of the molecule is COc1ccc([C@H]2OCC[C@@H](/C=C/Br)O2)cc1. The van der Waals surface area contributed by atoms with Crippen LogP contribution < -0.4 is 4.74 Å². The molecule has 0 radical (unpaired) electrons. The molecule has 1 aromatic rings. The zero-order valence-corrected chi connectivity index (χ0v) is 11.2. The number of hydrogen-bond acceptors (Lipinski definition) is 3. The summed E-state index contributed by atoms with van der Waals surface area (Å²) in [5.41, 5.74) is 1.01. The highest BCUT2D eigenvalue weighted by atomic mass is 79.9. The molecule has 0 amide bonds. The summed E-state index contributed by atoms with van der Waals surface area (Å²) < 4.78 is 16.5. The van der Waals surface area contributed by atoms with Gasteiger partial charge in [0, 0.05) is 12.0 Å². The molecule has 1 fully saturated rings. The van der Waals surface area contributed by atoms with Gasteiger partial charge in [0.2, 0.25) is 0 Å². The molecule has 0 bridgehead atoms. The number of rotatable bonds is 3. The zero-order valence-electron chi connectivity index (χ0n) is 9.64. The van der Waals surface area contributed by atoms with Crippen molar-refractivity contribution < 1.29 is 14.2 Å². The van der Waals surface area contributed by atoms with Crippen LogP contribution in [0.4, 0.5) is 0 Å². The minimum absolute atomic E-state index is 0.107. The Balaban J connectivity index is 2.05. The monoisotopic (exact) mass is 298 g/mol. The molecule has 4 heteroatoms. The van der Waals surface area contributed by atoms with E-state index in [9.17, 15) is 0 Å². The molecule has 1 aromatic carbocycles. The Kier molecular flexibility index (Phi) is 4.59. The maximum absolute atomic E-state index is 5.81. The van der Waals surface area contributed by atoms with Crippen molar-refractivity contribution in [3.8, 4) is 5.75 Å². The van der Waals surface area contributed by atoms with Crippen molar-refractivity contribution in [3.63, 3.8) is 0 Å². The summed E-state index contributed by atoms with van der Waals surface area (Å²) in [4.78, 5) is 1.83. The Bertz CT molecular complexity index is 375. The third-order valence-corrected chi connectivity index (χ3v) is 2.95. The summed E-state index contributed by atoms with van der Waals surface area (Å²) in [5, 5.41) is 0. The molecule has 0 saturated carbocycles. The van der Waals surface area contributed by atoms with Gasteiger partial charge in [-0.1, -0.05) is 28.1 Å². The smallest absolute Gasteiger partial charge is 0.184 e. The lowest BCUT2D eigenvalue weighted by Gasteiger charge is -2.28. The van der Waals surface area contributed by atoms with Gasteiger partial charge in [-0.2, -0.15) is 0 Å². The summed E-state index contributed by atoms with van der Waals surface area (Å²) in [6, 6.07) is 7.74. The van der Waals surface area contributed by atoms with E-state index in [4.69, 9.17) is 14.2 Å². The van der Waals surface area contributed by atoms with Gasteiger partial charge in [-0.15, -0.1) is 0 Å². The van der Waals surface area contributed by atoms with Crippen LogP contribution in [0.2, 0.25) is 0 Å². The second-order valence-electron chi connectivity index (χ2n) is 3.76. The van der Waals surface area contributed by atoms with Crippen molar-refractivity contribution in [2.75, 3.05) is 13.7 Å². The second-order valence-corrected chi connectivity index (χ2v) is 4.29. The minimum Gasteiger partial charge on any atom is -0.497 e. The van der Waals surface area contributed by atoms with E-state index >= 15 is 0 Å². The van der Waals surface area contributed by atoms with E-state index in [-0.39, 0.29) is 12.4 Å². The van der Waals surface area contributed by atoms with Gasteiger partial charge >= 0.3 is 0 Å². The van der Waals surface area contributed by atoms with Gasteiger partial charge in [-0.25, -0.2) is 0 Å². The van der Waals surface area contributed by atoms with Crippen LogP contribution in [0.5, 0.6) is 5.75 Å². The molecular weight excluding hydrogens is 284 g/mol. The van der Waals surface area contributed by atoms with Gasteiger partial charge in [-0.05, 0) is 23.2 Å². The Hall–Kier alpha value is -0.840. The highest BCUT2D eigenvalue weighted by Crippen LogP contribution is 2.28. The van der Waals surface area contributed by atoms with Crippen molar-refractivity contribution in [1.29, 1.82) is 0 Å². The Morgan fingerprint density at radius 3 is 2.76 bits per heavy atom. The van der Waals surface area contributed by atoms with E-state index in [1.54, 1.807) is 7.11 Å². The third-order valence-electron chi connectivity index (χ3n) is 2.65. The van der Waals surface area contributed by atoms with E-state index < -0.39 is 0 Å². The third kappa shape index (κ3) is 3.31. The topological polar surface area (TPSA) is 27.7 Å². The van der Waals surface area contributed by atoms with Gasteiger partial charge in [0.15, 0.2) is 6.29 Å². The Morgan fingerprint density at radius 2 is 2.12 bits per heavy atom. The van der Waals surface area contributed by atoms with Gasteiger partial charge in [0.25, 0.3) is 0 Å². The van der Waals surface area contributed by atoms with Crippen LogP contribution in [0.25, 0.3) is 0 Å². The molecule has 0 spiro atoms. The first-order chi connectivity index (χ1) is 8.33. The van der Waals surface area contributed by atoms with E-state index in [0.29, 0.717) is 6.61 Å². The van der Waals surface area contributed by atoms with Crippen LogP contribution in [-0.4, -0.2) is 19.8 Å². The summed E-state index contributed by atoms with van der Waals surface area (Å²) >= 11 is 3.26. The minimum atomic E-state index is -0.289. The number of methoxy groups -OCH3 is 1. The summed E-state index contributed by atoms with van der Waals surface area (Å²) in [5.74, 6) is 0.835. The highest BCUT2D eigenvalue weighted by molar-refractivity contribution is 9.11. The molecule has 2 atom stereocenters. The Morgan fingerprint density at radius 1 is 1.35 bits per heavy atom. The molecule has 3 nitrogen and oxygen atoms in total. The van der Waals surface area contributed by atoms with Crippen LogP contribution in [0.15, 0.2) is 35.3 Å². The van der Waals surface area contributed by atoms with E-state index in [1.807, 2.05) is 35.3 Å². The van der Waals surface area contributed by atoms with Crippen LogP contribution >= 0.6 is 15.9 Å². The van der Waals surface area contributed by atoms with Crippen molar-refractivity contribution in [2.24, 2.45) is 0 Å². The molecule has 0 unspecified atom stereocenters. The van der Waals surface area contributed by atoms with Gasteiger partial charge in [-0.3, -0.25) is 0 Å². The maximum Gasteiger partial charge on any atom is 0.184 e. The first-order valence-corrected chi connectivity index (χ1v) is 6.43. The van der Waals surface area contributed by atoms with Crippen molar-refractivity contribution >= 4 is 15.9 Å². The summed E-state index contributed by atoms with van der Waals surface area (Å²) in [6.07, 6.45) is 2.69. The zero-order chi connectivity index (χ0) is 12.1. The first-order valence-electron chi connectivity index (χ1n) is 5.51. The lowest BCUT2D eigenvalue weighted by molar-refractivity contribution is -0.204.